The largest absolute Gasteiger partial charge is 0.374 e. The number of rotatable bonds is 8. The number of halogens is 1. The third kappa shape index (κ3) is 3.54. The van der Waals surface area contributed by atoms with Crippen LogP contribution in [0.5, 0.6) is 0 Å². The van der Waals surface area contributed by atoms with Gasteiger partial charge in [0.05, 0.1) is 11.6 Å². The lowest BCUT2D eigenvalue weighted by molar-refractivity contribution is -0.0718. The van der Waals surface area contributed by atoms with Crippen LogP contribution in [0.15, 0.2) is 15.9 Å². The molecule has 0 aromatic carbocycles. The topological polar surface area (TPSA) is 47.3 Å². The molecule has 0 saturated carbocycles. The average molecular weight is 335 g/mol. The van der Waals surface area contributed by atoms with Crippen molar-refractivity contribution in [2.75, 3.05) is 6.61 Å². The molecule has 3 N–H and O–H groups in total. The summed E-state index contributed by atoms with van der Waals surface area (Å²) >= 11 is 5.32. The summed E-state index contributed by atoms with van der Waals surface area (Å²) in [5.41, 5.74) is 2.77. The fourth-order valence-corrected chi connectivity index (χ4v) is 3.95. The molecule has 1 aromatic heterocycles. The molecule has 104 valence electrons. The molecule has 0 saturated heterocycles. The normalized spacial score (nSPS) is 13.8. The van der Waals surface area contributed by atoms with Gasteiger partial charge in [0.2, 0.25) is 0 Å². The first-order valence-corrected chi connectivity index (χ1v) is 8.12. The van der Waals surface area contributed by atoms with E-state index in [4.69, 9.17) is 10.6 Å². The standard InChI is InChI=1S/C13H23BrN2OS/c1-4-13(5-2,17-6-3)12(16-15)9-11-10(14)7-8-18-11/h7-8,12,16H,4-6,9,15H2,1-3H3. The molecule has 3 nitrogen and oxygen atoms in total. The minimum absolute atomic E-state index is 0.127. The van der Waals surface area contributed by atoms with E-state index in [1.54, 1.807) is 11.3 Å². The van der Waals surface area contributed by atoms with Gasteiger partial charge < -0.3 is 4.74 Å². The van der Waals surface area contributed by atoms with Crippen LogP contribution in [0.2, 0.25) is 0 Å². The molecule has 0 bridgehead atoms. The van der Waals surface area contributed by atoms with Gasteiger partial charge in [-0.25, -0.2) is 0 Å². The molecule has 0 aliphatic rings. The van der Waals surface area contributed by atoms with Gasteiger partial charge in [-0.05, 0) is 47.1 Å². The van der Waals surface area contributed by atoms with Crippen molar-refractivity contribution in [3.05, 3.63) is 20.8 Å². The van der Waals surface area contributed by atoms with Gasteiger partial charge >= 0.3 is 0 Å². The molecule has 0 amide bonds. The van der Waals surface area contributed by atoms with Gasteiger partial charge in [0.25, 0.3) is 0 Å². The van der Waals surface area contributed by atoms with Crippen molar-refractivity contribution in [1.82, 2.24) is 5.43 Å². The molecule has 1 atom stereocenters. The van der Waals surface area contributed by atoms with Crippen LogP contribution < -0.4 is 11.3 Å². The molecule has 1 heterocycles. The third-order valence-corrected chi connectivity index (χ3v) is 5.49. The summed E-state index contributed by atoms with van der Waals surface area (Å²) in [5.74, 6) is 5.77. The van der Waals surface area contributed by atoms with E-state index in [1.165, 1.54) is 4.88 Å². The van der Waals surface area contributed by atoms with Crippen molar-refractivity contribution >= 4 is 27.3 Å². The van der Waals surface area contributed by atoms with Crippen LogP contribution in [0.3, 0.4) is 0 Å². The molecular weight excluding hydrogens is 312 g/mol. The summed E-state index contributed by atoms with van der Waals surface area (Å²) in [6.45, 7) is 7.07. The molecule has 5 heteroatoms. The summed E-state index contributed by atoms with van der Waals surface area (Å²) in [6.07, 6.45) is 2.79. The number of hydrogen-bond acceptors (Lipinski definition) is 4. The van der Waals surface area contributed by atoms with E-state index in [-0.39, 0.29) is 11.6 Å². The van der Waals surface area contributed by atoms with Crippen LogP contribution in [-0.4, -0.2) is 18.2 Å². The van der Waals surface area contributed by atoms with Gasteiger partial charge in [0.15, 0.2) is 0 Å². The number of ether oxygens (including phenoxy) is 1. The summed E-state index contributed by atoms with van der Waals surface area (Å²) in [7, 11) is 0. The molecule has 1 unspecified atom stereocenters. The highest BCUT2D eigenvalue weighted by Crippen LogP contribution is 2.31. The number of thiophene rings is 1. The van der Waals surface area contributed by atoms with Gasteiger partial charge in [-0.3, -0.25) is 11.3 Å². The molecule has 0 fully saturated rings. The van der Waals surface area contributed by atoms with E-state index >= 15 is 0 Å². The Morgan fingerprint density at radius 1 is 1.44 bits per heavy atom. The molecule has 18 heavy (non-hydrogen) atoms. The maximum absolute atomic E-state index is 6.02. The lowest BCUT2D eigenvalue weighted by Gasteiger charge is -2.39. The zero-order valence-corrected chi connectivity index (χ0v) is 13.7. The molecule has 0 aliphatic carbocycles. The summed E-state index contributed by atoms with van der Waals surface area (Å²) in [4.78, 5) is 1.31. The van der Waals surface area contributed by atoms with Gasteiger partial charge in [-0.1, -0.05) is 13.8 Å². The zero-order valence-electron chi connectivity index (χ0n) is 11.3. The summed E-state index contributed by atoms with van der Waals surface area (Å²) in [5, 5.41) is 2.09. The van der Waals surface area contributed by atoms with E-state index in [0.29, 0.717) is 6.61 Å². The van der Waals surface area contributed by atoms with Crippen molar-refractivity contribution in [2.45, 2.75) is 51.7 Å². The van der Waals surface area contributed by atoms with E-state index < -0.39 is 0 Å². The highest BCUT2D eigenvalue weighted by atomic mass is 79.9. The van der Waals surface area contributed by atoms with Crippen molar-refractivity contribution in [3.8, 4) is 0 Å². The van der Waals surface area contributed by atoms with Gasteiger partial charge in [-0.2, -0.15) is 0 Å². The fourth-order valence-electron chi connectivity index (χ4n) is 2.39. The van der Waals surface area contributed by atoms with Crippen LogP contribution in [0.25, 0.3) is 0 Å². The Balaban J connectivity index is 2.88. The smallest absolute Gasteiger partial charge is 0.0846 e. The first-order chi connectivity index (χ1) is 8.63. The third-order valence-electron chi connectivity index (χ3n) is 3.55. The molecule has 1 rings (SSSR count). The number of nitrogens with two attached hydrogens (primary N) is 1. The molecule has 1 aromatic rings. The van der Waals surface area contributed by atoms with Gasteiger partial charge in [-0.15, -0.1) is 11.3 Å². The SMILES string of the molecule is CCOC(CC)(CC)C(Cc1sccc1Br)NN. The zero-order chi connectivity index (χ0) is 13.6. The van der Waals surface area contributed by atoms with E-state index in [1.807, 2.05) is 6.92 Å². The van der Waals surface area contributed by atoms with Crippen LogP contribution in [-0.2, 0) is 11.2 Å². The Labute approximate surface area is 122 Å². The predicted octanol–water partition coefficient (Wildman–Crippen LogP) is 3.48. The Morgan fingerprint density at radius 3 is 2.50 bits per heavy atom. The highest BCUT2D eigenvalue weighted by Gasteiger charge is 2.36. The van der Waals surface area contributed by atoms with E-state index in [0.717, 1.165) is 23.7 Å². The summed E-state index contributed by atoms with van der Waals surface area (Å²) < 4.78 is 7.17. The summed E-state index contributed by atoms with van der Waals surface area (Å²) in [6, 6.07) is 2.20. The second kappa shape index (κ2) is 7.60. The number of hydrogen-bond donors (Lipinski definition) is 2. The predicted molar refractivity (Wildman–Crippen MR) is 81.8 cm³/mol. The Kier molecular flexibility index (Phi) is 6.81. The van der Waals surface area contributed by atoms with E-state index in [9.17, 15) is 0 Å². The molecule has 0 radical (unpaired) electrons. The van der Waals surface area contributed by atoms with Crippen LogP contribution in [0.1, 0.15) is 38.5 Å². The Hall–Kier alpha value is 0.0600. The van der Waals surface area contributed by atoms with Crippen LogP contribution in [0.4, 0.5) is 0 Å². The average Bonchev–Trinajstić information content (AvgIpc) is 2.79. The highest BCUT2D eigenvalue weighted by molar-refractivity contribution is 9.10. The fraction of sp³-hybridized carbons (Fsp3) is 0.692. The Bertz CT molecular complexity index is 353. The molecular formula is C13H23BrN2OS. The molecule has 0 spiro atoms. The first-order valence-electron chi connectivity index (χ1n) is 6.45. The maximum atomic E-state index is 6.02. The maximum Gasteiger partial charge on any atom is 0.0846 e. The second-order valence-corrected chi connectivity index (χ2v) is 6.17. The second-order valence-electron chi connectivity index (χ2n) is 4.32. The Morgan fingerprint density at radius 2 is 2.11 bits per heavy atom. The number of nitrogens with one attached hydrogen (secondary N) is 1. The van der Waals surface area contributed by atoms with Crippen LogP contribution >= 0.6 is 27.3 Å². The lowest BCUT2D eigenvalue weighted by Crippen LogP contribution is -2.55. The van der Waals surface area contributed by atoms with Gasteiger partial charge in [0.1, 0.15) is 0 Å². The van der Waals surface area contributed by atoms with Crippen molar-refractivity contribution in [1.29, 1.82) is 0 Å². The van der Waals surface area contributed by atoms with Gasteiger partial charge in [0, 0.05) is 22.4 Å². The lowest BCUT2D eigenvalue weighted by atomic mass is 9.86. The first kappa shape index (κ1) is 16.1. The molecule has 0 aliphatic heterocycles. The quantitative estimate of drug-likeness (QED) is 0.565. The minimum Gasteiger partial charge on any atom is -0.374 e. The van der Waals surface area contributed by atoms with E-state index in [2.05, 4.69) is 46.6 Å². The van der Waals surface area contributed by atoms with Crippen molar-refractivity contribution < 1.29 is 4.74 Å². The minimum atomic E-state index is -0.188. The van der Waals surface area contributed by atoms with Crippen molar-refractivity contribution in [3.63, 3.8) is 0 Å². The van der Waals surface area contributed by atoms with Crippen LogP contribution in [0, 0.1) is 0 Å². The monoisotopic (exact) mass is 334 g/mol. The number of hydrazine groups is 1. The van der Waals surface area contributed by atoms with Crippen molar-refractivity contribution in [2.24, 2.45) is 5.84 Å².